The number of nitrogens with one attached hydrogen (secondary N) is 1. The maximum atomic E-state index is 13.4. The Hall–Kier alpha value is -3.10. The van der Waals surface area contributed by atoms with Gasteiger partial charge in [0, 0.05) is 18.2 Å². The monoisotopic (exact) mass is 309 g/mol. The number of rotatable bonds is 4. The molecule has 0 saturated carbocycles. The summed E-state index contributed by atoms with van der Waals surface area (Å²) in [5.41, 5.74) is -1.40. The van der Waals surface area contributed by atoms with Gasteiger partial charge in [-0.3, -0.25) is 24.3 Å². The fraction of sp³-hybridized carbons (Fsp3) is 0.0769. The van der Waals surface area contributed by atoms with E-state index >= 15 is 0 Å². The number of hydrogen-bond donors (Lipinski definition) is 1. The summed E-state index contributed by atoms with van der Waals surface area (Å²) in [6, 6.07) is 4.45. The van der Waals surface area contributed by atoms with E-state index in [-0.39, 0.29) is 11.4 Å². The predicted octanol–water partition coefficient (Wildman–Crippen LogP) is 1.67. The van der Waals surface area contributed by atoms with E-state index in [1.807, 2.05) is 0 Å². The molecule has 9 heteroatoms. The number of carbonyl (C=O) groups excluding carboxylic acids is 1. The van der Waals surface area contributed by atoms with Gasteiger partial charge in [0.2, 0.25) is 5.91 Å². The smallest absolute Gasteiger partial charge is 0.285 e. The molecule has 0 bridgehead atoms. The number of amides is 1. The van der Waals surface area contributed by atoms with E-state index in [9.17, 15) is 28.5 Å². The third-order valence-electron chi connectivity index (χ3n) is 2.70. The topological polar surface area (TPSA) is 94.2 Å². The highest BCUT2D eigenvalue weighted by Crippen LogP contribution is 2.15. The van der Waals surface area contributed by atoms with Crippen LogP contribution in [0.5, 0.6) is 0 Å². The van der Waals surface area contributed by atoms with E-state index in [1.54, 1.807) is 0 Å². The molecular formula is C13H9F2N3O4. The van der Waals surface area contributed by atoms with Crippen molar-refractivity contribution in [3.05, 3.63) is 68.6 Å². The molecule has 0 unspecified atom stereocenters. The summed E-state index contributed by atoms with van der Waals surface area (Å²) in [5, 5.41) is 12.7. The van der Waals surface area contributed by atoms with Gasteiger partial charge >= 0.3 is 0 Å². The van der Waals surface area contributed by atoms with Crippen molar-refractivity contribution in [2.24, 2.45) is 0 Å². The number of benzene rings is 1. The van der Waals surface area contributed by atoms with Gasteiger partial charge in [-0.05, 0) is 12.1 Å². The molecule has 1 N–H and O–H groups in total. The van der Waals surface area contributed by atoms with Crippen LogP contribution >= 0.6 is 0 Å². The molecule has 22 heavy (non-hydrogen) atoms. The Labute approximate surface area is 122 Å². The summed E-state index contributed by atoms with van der Waals surface area (Å²) in [7, 11) is 0. The zero-order chi connectivity index (χ0) is 16.3. The summed E-state index contributed by atoms with van der Waals surface area (Å²) in [6.45, 7) is -0.573. The largest absolute Gasteiger partial charge is 0.322 e. The van der Waals surface area contributed by atoms with Gasteiger partial charge in [0.15, 0.2) is 0 Å². The van der Waals surface area contributed by atoms with Crippen molar-refractivity contribution in [1.29, 1.82) is 0 Å². The molecule has 1 amide bonds. The normalized spacial score (nSPS) is 10.3. The first-order valence-electron chi connectivity index (χ1n) is 5.96. The number of pyridine rings is 1. The molecule has 0 aliphatic rings. The second-order valence-electron chi connectivity index (χ2n) is 4.28. The molecule has 0 atom stereocenters. The zero-order valence-corrected chi connectivity index (χ0v) is 11.0. The molecule has 0 spiro atoms. The van der Waals surface area contributed by atoms with Crippen LogP contribution in [-0.2, 0) is 11.3 Å². The van der Waals surface area contributed by atoms with Gasteiger partial charge in [-0.2, -0.15) is 0 Å². The minimum absolute atomic E-state index is 0.371. The van der Waals surface area contributed by atoms with Gasteiger partial charge in [0.1, 0.15) is 18.2 Å². The first-order valence-corrected chi connectivity index (χ1v) is 5.96. The SMILES string of the molecule is O=C(Cn1cc([N+](=O)[O-])ccc1=O)Nc1cc(F)ccc1F. The molecule has 1 heterocycles. The van der Waals surface area contributed by atoms with Gasteiger partial charge in [0.05, 0.1) is 16.8 Å². The summed E-state index contributed by atoms with van der Waals surface area (Å²) in [5.74, 6) is -2.42. The molecule has 7 nitrogen and oxygen atoms in total. The number of nitrogens with zero attached hydrogens (tertiary/aromatic N) is 2. The molecule has 0 aliphatic carbocycles. The van der Waals surface area contributed by atoms with Crippen molar-refractivity contribution in [1.82, 2.24) is 4.57 Å². The van der Waals surface area contributed by atoms with Crippen LogP contribution in [0.3, 0.4) is 0 Å². The lowest BCUT2D eigenvalue weighted by Gasteiger charge is -2.08. The minimum Gasteiger partial charge on any atom is -0.322 e. The van der Waals surface area contributed by atoms with Crippen LogP contribution in [0.15, 0.2) is 41.3 Å². The van der Waals surface area contributed by atoms with Crippen LogP contribution in [0.25, 0.3) is 0 Å². The first kappa shape index (κ1) is 15.3. The molecule has 0 aliphatic heterocycles. The first-order chi connectivity index (χ1) is 10.4. The molecule has 2 rings (SSSR count). The molecular weight excluding hydrogens is 300 g/mol. The number of carbonyl (C=O) groups is 1. The molecule has 1 aromatic heterocycles. The summed E-state index contributed by atoms with van der Waals surface area (Å²) in [6.07, 6.45) is 0.893. The highest BCUT2D eigenvalue weighted by atomic mass is 19.1. The Kier molecular flexibility index (Phi) is 4.25. The number of aromatic nitrogens is 1. The lowest BCUT2D eigenvalue weighted by molar-refractivity contribution is -0.385. The average Bonchev–Trinajstić information content (AvgIpc) is 2.45. The Balaban J connectivity index is 2.19. The minimum atomic E-state index is -0.846. The van der Waals surface area contributed by atoms with E-state index in [2.05, 4.69) is 5.32 Å². The highest BCUT2D eigenvalue weighted by Gasteiger charge is 2.12. The standard InChI is InChI=1S/C13H9F2N3O4/c14-8-1-3-10(15)11(5-8)16-12(19)7-17-6-9(18(21)22)2-4-13(17)20/h1-6H,7H2,(H,16,19). The van der Waals surface area contributed by atoms with Crippen molar-refractivity contribution in [2.75, 3.05) is 5.32 Å². The van der Waals surface area contributed by atoms with Crippen LogP contribution < -0.4 is 10.9 Å². The fourth-order valence-electron chi connectivity index (χ4n) is 1.69. The predicted molar refractivity (Wildman–Crippen MR) is 72.3 cm³/mol. The van der Waals surface area contributed by atoms with Crippen LogP contribution in [0.1, 0.15) is 0 Å². The van der Waals surface area contributed by atoms with Crippen molar-refractivity contribution in [2.45, 2.75) is 6.54 Å². The van der Waals surface area contributed by atoms with Gasteiger partial charge in [-0.1, -0.05) is 0 Å². The molecule has 0 saturated heterocycles. The van der Waals surface area contributed by atoms with E-state index < -0.39 is 34.6 Å². The lowest BCUT2D eigenvalue weighted by atomic mass is 10.3. The van der Waals surface area contributed by atoms with Crippen LogP contribution in [0, 0.1) is 21.7 Å². The van der Waals surface area contributed by atoms with E-state index in [1.165, 1.54) is 0 Å². The Morgan fingerprint density at radius 2 is 2.00 bits per heavy atom. The van der Waals surface area contributed by atoms with Crippen molar-refractivity contribution in [3.63, 3.8) is 0 Å². The van der Waals surface area contributed by atoms with Crippen LogP contribution in [-0.4, -0.2) is 15.4 Å². The molecule has 114 valence electrons. The van der Waals surface area contributed by atoms with Gasteiger partial charge in [-0.15, -0.1) is 0 Å². The summed E-state index contributed by atoms with van der Waals surface area (Å²) >= 11 is 0. The third-order valence-corrected chi connectivity index (χ3v) is 2.70. The van der Waals surface area contributed by atoms with E-state index in [0.717, 1.165) is 41.1 Å². The van der Waals surface area contributed by atoms with Crippen molar-refractivity contribution >= 4 is 17.3 Å². The summed E-state index contributed by atoms with van der Waals surface area (Å²) < 4.78 is 27.2. The average molecular weight is 309 g/mol. The number of hydrogen-bond acceptors (Lipinski definition) is 4. The third kappa shape index (κ3) is 3.51. The van der Waals surface area contributed by atoms with Crippen molar-refractivity contribution < 1.29 is 18.5 Å². The zero-order valence-electron chi connectivity index (χ0n) is 11.0. The second-order valence-corrected chi connectivity index (χ2v) is 4.28. The van der Waals surface area contributed by atoms with Gasteiger partial charge < -0.3 is 5.32 Å². The molecule has 0 radical (unpaired) electrons. The Morgan fingerprint density at radius 1 is 1.27 bits per heavy atom. The molecule has 0 fully saturated rings. The molecule has 1 aromatic carbocycles. The van der Waals surface area contributed by atoms with E-state index in [0.29, 0.717) is 0 Å². The number of anilines is 1. The number of halogens is 2. The van der Waals surface area contributed by atoms with E-state index in [4.69, 9.17) is 0 Å². The summed E-state index contributed by atoms with van der Waals surface area (Å²) in [4.78, 5) is 33.2. The lowest BCUT2D eigenvalue weighted by Crippen LogP contribution is -2.27. The quantitative estimate of drug-likeness (QED) is 0.686. The maximum absolute atomic E-state index is 13.4. The van der Waals surface area contributed by atoms with Gasteiger partial charge in [-0.25, -0.2) is 8.78 Å². The van der Waals surface area contributed by atoms with Crippen LogP contribution in [0.2, 0.25) is 0 Å². The maximum Gasteiger partial charge on any atom is 0.285 e. The Bertz CT molecular complexity index is 804. The number of nitro groups is 1. The Morgan fingerprint density at radius 3 is 2.68 bits per heavy atom. The van der Waals surface area contributed by atoms with Crippen molar-refractivity contribution in [3.8, 4) is 0 Å². The highest BCUT2D eigenvalue weighted by molar-refractivity contribution is 5.90. The fourth-order valence-corrected chi connectivity index (χ4v) is 1.69. The molecule has 2 aromatic rings. The second kappa shape index (κ2) is 6.12. The van der Waals surface area contributed by atoms with Crippen LogP contribution in [0.4, 0.5) is 20.2 Å². The van der Waals surface area contributed by atoms with Gasteiger partial charge in [0.25, 0.3) is 11.2 Å².